The highest BCUT2D eigenvalue weighted by Gasteiger charge is 2.19. The Morgan fingerprint density at radius 1 is 0.273 bits per heavy atom. The first-order chi connectivity index (χ1) is 38.0. The molecule has 77 heavy (non-hydrogen) atoms. The first-order valence-corrected chi connectivity index (χ1v) is 32.7. The molecule has 0 aromatic carbocycles. The second-order valence-corrected chi connectivity index (χ2v) is 21.6. The minimum Gasteiger partial charge on any atom is -0.462 e. The molecule has 6 heteroatoms. The summed E-state index contributed by atoms with van der Waals surface area (Å²) in [7, 11) is 0. The number of rotatable bonds is 59. The maximum absolute atomic E-state index is 12.9. The van der Waals surface area contributed by atoms with Crippen molar-refractivity contribution in [1.82, 2.24) is 0 Å². The SMILES string of the molecule is CC/C=C\C/C=C\C/C=C\C/C=C\C/C=C\C/C=C\C/C=C\CCCCCCCCCCCC(=O)OCC(COC(=O)CCCCCCCCCCCC)OC(=O)CCCCCCCCC/C=C\CCCCCCCCC. The maximum atomic E-state index is 12.9. The monoisotopic (exact) mass is 1070 g/mol. The fourth-order valence-electron chi connectivity index (χ4n) is 9.18. The van der Waals surface area contributed by atoms with Crippen LogP contribution in [0, 0.1) is 0 Å². The topological polar surface area (TPSA) is 78.9 Å². The molecule has 0 fully saturated rings. The van der Waals surface area contributed by atoms with E-state index in [-0.39, 0.29) is 31.1 Å². The normalized spacial score (nSPS) is 12.7. The van der Waals surface area contributed by atoms with Gasteiger partial charge in [0.15, 0.2) is 6.10 Å². The molecule has 0 saturated carbocycles. The molecule has 442 valence electrons. The van der Waals surface area contributed by atoms with Crippen LogP contribution in [-0.4, -0.2) is 37.2 Å². The van der Waals surface area contributed by atoms with Crippen LogP contribution in [0.25, 0.3) is 0 Å². The van der Waals surface area contributed by atoms with E-state index >= 15 is 0 Å². The molecule has 0 aromatic heterocycles. The van der Waals surface area contributed by atoms with Crippen LogP contribution in [0.5, 0.6) is 0 Å². The van der Waals surface area contributed by atoms with Crippen molar-refractivity contribution >= 4 is 17.9 Å². The van der Waals surface area contributed by atoms with Gasteiger partial charge in [0.1, 0.15) is 13.2 Å². The second-order valence-electron chi connectivity index (χ2n) is 21.6. The predicted octanol–water partition coefficient (Wildman–Crippen LogP) is 22.4. The third-order valence-electron chi connectivity index (χ3n) is 14.1. The molecule has 0 rings (SSSR count). The number of esters is 3. The Morgan fingerprint density at radius 2 is 0.506 bits per heavy atom. The van der Waals surface area contributed by atoms with Crippen LogP contribution in [-0.2, 0) is 28.6 Å². The summed E-state index contributed by atoms with van der Waals surface area (Å²) in [4.78, 5) is 38.2. The molecule has 0 saturated heterocycles. The summed E-state index contributed by atoms with van der Waals surface area (Å²) in [5, 5.41) is 0. The van der Waals surface area contributed by atoms with Gasteiger partial charge in [-0.25, -0.2) is 0 Å². The minimum atomic E-state index is -0.780. The standard InChI is InChI=1S/C71H122O6/c1-4-7-10-13-16-19-22-24-26-28-30-31-32-33-34-35-36-37-38-39-40-41-42-44-45-47-49-52-55-58-61-64-70(73)76-67-68(66-75-69(72)63-60-57-54-51-21-18-15-12-9-6-3)77-71(74)65-62-59-56-53-50-48-46-43-29-27-25-23-20-17-14-11-8-5-2/h7,10,16,19,24,26-27,29-31,33-34,36-37,39-40,68H,4-6,8-9,11-15,17-18,20-23,25,28,32,35,38,41-67H2,1-3H3/b10-7-,19-16-,26-24-,29-27-,31-30-,34-33-,37-36-,40-39-. The van der Waals surface area contributed by atoms with E-state index < -0.39 is 6.10 Å². The van der Waals surface area contributed by atoms with Gasteiger partial charge >= 0.3 is 17.9 Å². The average Bonchev–Trinajstić information content (AvgIpc) is 3.43. The smallest absolute Gasteiger partial charge is 0.306 e. The molecular weight excluding hydrogens is 949 g/mol. The summed E-state index contributed by atoms with van der Waals surface area (Å²) in [6.45, 7) is 6.53. The molecule has 0 aliphatic rings. The molecule has 0 aliphatic carbocycles. The highest BCUT2D eigenvalue weighted by atomic mass is 16.6. The molecule has 0 aromatic rings. The lowest BCUT2D eigenvalue weighted by molar-refractivity contribution is -0.167. The quantitative estimate of drug-likeness (QED) is 0.0261. The lowest BCUT2D eigenvalue weighted by Gasteiger charge is -2.18. The lowest BCUT2D eigenvalue weighted by atomic mass is 10.1. The number of carbonyl (C=O) groups excluding carboxylic acids is 3. The van der Waals surface area contributed by atoms with Gasteiger partial charge in [-0.05, 0) is 103 Å². The van der Waals surface area contributed by atoms with E-state index in [2.05, 4.69) is 118 Å². The van der Waals surface area contributed by atoms with Gasteiger partial charge in [0.2, 0.25) is 0 Å². The van der Waals surface area contributed by atoms with Gasteiger partial charge in [-0.15, -0.1) is 0 Å². The van der Waals surface area contributed by atoms with Gasteiger partial charge in [-0.3, -0.25) is 14.4 Å². The van der Waals surface area contributed by atoms with E-state index in [1.165, 1.54) is 167 Å². The van der Waals surface area contributed by atoms with Crippen molar-refractivity contribution in [2.24, 2.45) is 0 Å². The van der Waals surface area contributed by atoms with E-state index in [0.717, 1.165) is 109 Å². The van der Waals surface area contributed by atoms with Crippen LogP contribution in [0.15, 0.2) is 97.2 Å². The van der Waals surface area contributed by atoms with E-state index in [4.69, 9.17) is 14.2 Å². The lowest BCUT2D eigenvalue weighted by Crippen LogP contribution is -2.30. The summed E-state index contributed by atoms with van der Waals surface area (Å²) in [6, 6.07) is 0. The van der Waals surface area contributed by atoms with Crippen molar-refractivity contribution in [3.63, 3.8) is 0 Å². The number of hydrogen-bond donors (Lipinski definition) is 0. The van der Waals surface area contributed by atoms with Crippen LogP contribution >= 0.6 is 0 Å². The largest absolute Gasteiger partial charge is 0.462 e. The Hall–Kier alpha value is -3.67. The van der Waals surface area contributed by atoms with Gasteiger partial charge in [0, 0.05) is 19.3 Å². The fourth-order valence-corrected chi connectivity index (χ4v) is 9.18. The zero-order valence-electron chi connectivity index (χ0n) is 50.7. The van der Waals surface area contributed by atoms with Crippen LogP contribution in [0.3, 0.4) is 0 Å². The number of hydrogen-bond acceptors (Lipinski definition) is 6. The number of carbonyl (C=O) groups is 3. The maximum Gasteiger partial charge on any atom is 0.306 e. The summed E-state index contributed by atoms with van der Waals surface area (Å²) in [5.74, 6) is -0.879. The Bertz CT molecular complexity index is 1510. The van der Waals surface area contributed by atoms with Crippen molar-refractivity contribution < 1.29 is 28.6 Å². The van der Waals surface area contributed by atoms with Gasteiger partial charge in [-0.1, -0.05) is 291 Å². The van der Waals surface area contributed by atoms with Crippen molar-refractivity contribution in [3.8, 4) is 0 Å². The molecule has 0 amide bonds. The summed E-state index contributed by atoms with van der Waals surface area (Å²) < 4.78 is 16.9. The van der Waals surface area contributed by atoms with E-state index in [0.29, 0.717) is 19.3 Å². The molecule has 0 bridgehead atoms. The van der Waals surface area contributed by atoms with E-state index in [1.54, 1.807) is 0 Å². The average molecular weight is 1070 g/mol. The second kappa shape index (κ2) is 64.9. The molecule has 1 unspecified atom stereocenters. The first kappa shape index (κ1) is 73.3. The molecule has 0 heterocycles. The summed E-state index contributed by atoms with van der Waals surface area (Å²) >= 11 is 0. The van der Waals surface area contributed by atoms with Crippen LogP contribution in [0.1, 0.15) is 316 Å². The van der Waals surface area contributed by atoms with Crippen molar-refractivity contribution in [1.29, 1.82) is 0 Å². The van der Waals surface area contributed by atoms with Crippen molar-refractivity contribution in [2.75, 3.05) is 13.2 Å². The zero-order valence-corrected chi connectivity index (χ0v) is 50.7. The molecule has 6 nitrogen and oxygen atoms in total. The Balaban J connectivity index is 4.22. The Labute approximate surface area is 477 Å². The highest BCUT2D eigenvalue weighted by Crippen LogP contribution is 2.16. The van der Waals surface area contributed by atoms with Crippen LogP contribution < -0.4 is 0 Å². The predicted molar refractivity (Wildman–Crippen MR) is 334 cm³/mol. The molecule has 0 N–H and O–H groups in total. The van der Waals surface area contributed by atoms with Gasteiger partial charge in [0.25, 0.3) is 0 Å². The number of ether oxygens (including phenoxy) is 3. The van der Waals surface area contributed by atoms with Gasteiger partial charge < -0.3 is 14.2 Å². The molecule has 1 atom stereocenters. The van der Waals surface area contributed by atoms with Crippen molar-refractivity contribution in [3.05, 3.63) is 97.2 Å². The zero-order chi connectivity index (χ0) is 55.7. The molecule has 0 radical (unpaired) electrons. The van der Waals surface area contributed by atoms with Crippen LogP contribution in [0.2, 0.25) is 0 Å². The number of unbranched alkanes of at least 4 members (excludes halogenated alkanes) is 32. The summed E-state index contributed by atoms with van der Waals surface area (Å²) in [6.07, 6.45) is 87.1. The Morgan fingerprint density at radius 3 is 0.805 bits per heavy atom. The van der Waals surface area contributed by atoms with Gasteiger partial charge in [-0.2, -0.15) is 0 Å². The molecule has 0 spiro atoms. The fraction of sp³-hybridized carbons (Fsp3) is 0.732. The van der Waals surface area contributed by atoms with Crippen LogP contribution in [0.4, 0.5) is 0 Å². The molecule has 0 aliphatic heterocycles. The molecular formula is C71H122O6. The first-order valence-electron chi connectivity index (χ1n) is 32.7. The summed E-state index contributed by atoms with van der Waals surface area (Å²) in [5.41, 5.74) is 0. The third-order valence-corrected chi connectivity index (χ3v) is 14.1. The van der Waals surface area contributed by atoms with E-state index in [1.807, 2.05) is 0 Å². The minimum absolute atomic E-state index is 0.0777. The van der Waals surface area contributed by atoms with E-state index in [9.17, 15) is 14.4 Å². The Kier molecular flexibility index (Phi) is 61.8. The van der Waals surface area contributed by atoms with Gasteiger partial charge in [0.05, 0.1) is 0 Å². The third kappa shape index (κ3) is 63.0. The van der Waals surface area contributed by atoms with Crippen molar-refractivity contribution in [2.45, 2.75) is 322 Å². The number of allylic oxidation sites excluding steroid dienone is 16. The highest BCUT2D eigenvalue weighted by molar-refractivity contribution is 5.71.